The Morgan fingerprint density at radius 1 is 1.60 bits per heavy atom. The molecule has 0 saturated carbocycles. The smallest absolute Gasteiger partial charge is 0.322 e. The molecule has 0 spiro atoms. The molecule has 0 aliphatic carbocycles. The van der Waals surface area contributed by atoms with Gasteiger partial charge in [0.25, 0.3) is 0 Å². The van der Waals surface area contributed by atoms with Gasteiger partial charge in [0.15, 0.2) is 0 Å². The maximum absolute atomic E-state index is 12.3. The van der Waals surface area contributed by atoms with Gasteiger partial charge in [0.1, 0.15) is 5.75 Å². The molecule has 1 aliphatic rings. The number of hydrogen-bond donors (Lipinski definition) is 2. The number of carbonyl (C=O) groups is 1. The van der Waals surface area contributed by atoms with Crippen LogP contribution in [0.1, 0.15) is 5.56 Å². The van der Waals surface area contributed by atoms with Gasteiger partial charge >= 0.3 is 6.03 Å². The summed E-state index contributed by atoms with van der Waals surface area (Å²) in [5.41, 5.74) is 1.58. The molecule has 0 aromatic heterocycles. The van der Waals surface area contributed by atoms with E-state index in [4.69, 9.17) is 9.47 Å². The number of para-hydroxylation sites is 1. The Balaban J connectivity index is 2.15. The van der Waals surface area contributed by atoms with Gasteiger partial charge in [0.2, 0.25) is 0 Å². The Kier molecular flexibility index (Phi) is 4.81. The number of amides is 2. The molecule has 1 aliphatic heterocycles. The molecule has 0 bridgehead atoms. The van der Waals surface area contributed by atoms with Gasteiger partial charge < -0.3 is 24.8 Å². The van der Waals surface area contributed by atoms with Crippen LogP contribution in [-0.2, 0) is 4.74 Å². The van der Waals surface area contributed by atoms with Crippen LogP contribution in [0.25, 0.3) is 0 Å². The standard InChI is InChI=1S/C14H20N2O4/c1-10-4-3-5-12(19-2)13(10)15-14(18)16-6-7-20-9-11(16)8-17/h3-5,11,17H,6-9H2,1-2H3,(H,15,18)/t11-/m1/s1. The number of ether oxygens (including phenoxy) is 2. The van der Waals surface area contributed by atoms with Crippen LogP contribution in [0.5, 0.6) is 5.75 Å². The van der Waals surface area contributed by atoms with E-state index >= 15 is 0 Å². The van der Waals surface area contributed by atoms with Crippen LogP contribution in [0.3, 0.4) is 0 Å². The van der Waals surface area contributed by atoms with E-state index in [1.807, 2.05) is 19.1 Å². The third kappa shape index (κ3) is 3.02. The van der Waals surface area contributed by atoms with Gasteiger partial charge in [-0.25, -0.2) is 4.79 Å². The van der Waals surface area contributed by atoms with Gasteiger partial charge in [0, 0.05) is 6.54 Å². The molecule has 0 radical (unpaired) electrons. The van der Waals surface area contributed by atoms with Crippen LogP contribution in [-0.4, -0.2) is 55.6 Å². The highest BCUT2D eigenvalue weighted by molar-refractivity contribution is 5.92. The number of anilines is 1. The molecule has 1 heterocycles. The average molecular weight is 280 g/mol. The van der Waals surface area contributed by atoms with Gasteiger partial charge in [-0.2, -0.15) is 0 Å². The van der Waals surface area contributed by atoms with Gasteiger partial charge in [-0.3, -0.25) is 0 Å². The lowest BCUT2D eigenvalue weighted by atomic mass is 10.2. The van der Waals surface area contributed by atoms with Crippen molar-refractivity contribution in [2.75, 3.05) is 38.8 Å². The number of morpholine rings is 1. The molecule has 6 nitrogen and oxygen atoms in total. The second-order valence-corrected chi connectivity index (χ2v) is 4.69. The molecule has 2 rings (SSSR count). The van der Waals surface area contributed by atoms with Gasteiger partial charge in [-0.05, 0) is 18.6 Å². The number of methoxy groups -OCH3 is 1. The van der Waals surface area contributed by atoms with Crippen LogP contribution in [0.4, 0.5) is 10.5 Å². The Morgan fingerprint density at radius 3 is 3.10 bits per heavy atom. The number of nitrogens with one attached hydrogen (secondary N) is 1. The lowest BCUT2D eigenvalue weighted by Gasteiger charge is -2.34. The summed E-state index contributed by atoms with van der Waals surface area (Å²) in [7, 11) is 1.57. The van der Waals surface area contributed by atoms with E-state index in [0.717, 1.165) is 5.56 Å². The molecular formula is C14H20N2O4. The molecule has 2 amide bonds. The van der Waals surface area contributed by atoms with E-state index in [0.29, 0.717) is 31.2 Å². The molecule has 1 aromatic carbocycles. The first-order valence-electron chi connectivity index (χ1n) is 6.57. The molecule has 1 atom stereocenters. The van der Waals surface area contributed by atoms with Crippen LogP contribution in [0.15, 0.2) is 18.2 Å². The zero-order valence-electron chi connectivity index (χ0n) is 11.8. The highest BCUT2D eigenvalue weighted by Gasteiger charge is 2.27. The second kappa shape index (κ2) is 6.58. The first kappa shape index (κ1) is 14.6. The Morgan fingerprint density at radius 2 is 2.40 bits per heavy atom. The molecule has 2 N–H and O–H groups in total. The summed E-state index contributed by atoms with van der Waals surface area (Å²) >= 11 is 0. The summed E-state index contributed by atoms with van der Waals surface area (Å²) in [5, 5.41) is 12.2. The van der Waals surface area contributed by atoms with E-state index in [-0.39, 0.29) is 18.7 Å². The van der Waals surface area contributed by atoms with Crippen molar-refractivity contribution in [1.29, 1.82) is 0 Å². The first-order valence-corrected chi connectivity index (χ1v) is 6.57. The molecule has 1 aromatic rings. The zero-order chi connectivity index (χ0) is 14.5. The Hall–Kier alpha value is -1.79. The second-order valence-electron chi connectivity index (χ2n) is 4.69. The Bertz CT molecular complexity index is 478. The Labute approximate surface area is 118 Å². The quantitative estimate of drug-likeness (QED) is 0.873. The van der Waals surface area contributed by atoms with Crippen LogP contribution >= 0.6 is 0 Å². The predicted molar refractivity (Wildman–Crippen MR) is 75.1 cm³/mol. The largest absolute Gasteiger partial charge is 0.495 e. The van der Waals surface area contributed by atoms with Crippen molar-refractivity contribution in [2.45, 2.75) is 13.0 Å². The fourth-order valence-electron chi connectivity index (χ4n) is 2.22. The van der Waals surface area contributed by atoms with Gasteiger partial charge in [-0.15, -0.1) is 0 Å². The van der Waals surface area contributed by atoms with E-state index < -0.39 is 0 Å². The number of aryl methyl sites for hydroxylation is 1. The number of aliphatic hydroxyl groups excluding tert-OH is 1. The lowest BCUT2D eigenvalue weighted by molar-refractivity contribution is -0.00485. The fourth-order valence-corrected chi connectivity index (χ4v) is 2.22. The maximum Gasteiger partial charge on any atom is 0.322 e. The van der Waals surface area contributed by atoms with Gasteiger partial charge in [-0.1, -0.05) is 12.1 Å². The monoisotopic (exact) mass is 280 g/mol. The summed E-state index contributed by atoms with van der Waals surface area (Å²) in [6, 6.07) is 5.01. The topological polar surface area (TPSA) is 71.0 Å². The first-order chi connectivity index (χ1) is 9.67. The minimum absolute atomic E-state index is 0.113. The minimum Gasteiger partial charge on any atom is -0.495 e. The van der Waals surface area contributed by atoms with Gasteiger partial charge in [0.05, 0.1) is 38.7 Å². The molecule has 1 fully saturated rings. The third-order valence-corrected chi connectivity index (χ3v) is 3.39. The van der Waals surface area contributed by atoms with Crippen molar-refractivity contribution < 1.29 is 19.4 Å². The molecule has 0 unspecified atom stereocenters. The molecule has 1 saturated heterocycles. The number of rotatable bonds is 3. The summed E-state index contributed by atoms with van der Waals surface area (Å²) in [6.07, 6.45) is 0. The number of nitrogens with zero attached hydrogens (tertiary/aromatic N) is 1. The highest BCUT2D eigenvalue weighted by atomic mass is 16.5. The van der Waals surface area contributed by atoms with Crippen LogP contribution < -0.4 is 10.1 Å². The number of carbonyl (C=O) groups excluding carboxylic acids is 1. The average Bonchev–Trinajstić information content (AvgIpc) is 2.49. The van der Waals surface area contributed by atoms with Crippen molar-refractivity contribution >= 4 is 11.7 Å². The third-order valence-electron chi connectivity index (χ3n) is 3.39. The van der Waals surface area contributed by atoms with Crippen molar-refractivity contribution in [2.24, 2.45) is 0 Å². The number of benzene rings is 1. The molecular weight excluding hydrogens is 260 g/mol. The number of hydrogen-bond acceptors (Lipinski definition) is 4. The minimum atomic E-state index is -0.307. The zero-order valence-corrected chi connectivity index (χ0v) is 11.8. The molecule has 110 valence electrons. The van der Waals surface area contributed by atoms with E-state index in [1.54, 1.807) is 18.1 Å². The van der Waals surface area contributed by atoms with Crippen molar-refractivity contribution in [3.05, 3.63) is 23.8 Å². The summed E-state index contributed by atoms with van der Waals surface area (Å²) in [6.45, 7) is 3.09. The molecule has 20 heavy (non-hydrogen) atoms. The fraction of sp³-hybridized carbons (Fsp3) is 0.500. The summed E-state index contributed by atoms with van der Waals surface area (Å²) in [5.74, 6) is 0.618. The number of aliphatic hydroxyl groups is 1. The van der Waals surface area contributed by atoms with E-state index in [2.05, 4.69) is 5.32 Å². The van der Waals surface area contributed by atoms with Crippen molar-refractivity contribution in [3.63, 3.8) is 0 Å². The number of urea groups is 1. The lowest BCUT2D eigenvalue weighted by Crippen LogP contribution is -2.52. The highest BCUT2D eigenvalue weighted by Crippen LogP contribution is 2.28. The SMILES string of the molecule is COc1cccc(C)c1NC(=O)N1CCOC[C@H]1CO. The van der Waals surface area contributed by atoms with Crippen molar-refractivity contribution in [1.82, 2.24) is 4.90 Å². The normalized spacial score (nSPS) is 18.8. The summed E-state index contributed by atoms with van der Waals surface area (Å²) in [4.78, 5) is 13.9. The predicted octanol–water partition coefficient (Wildman–Crippen LogP) is 1.23. The van der Waals surface area contributed by atoms with Crippen LogP contribution in [0, 0.1) is 6.92 Å². The van der Waals surface area contributed by atoms with Crippen molar-refractivity contribution in [3.8, 4) is 5.75 Å². The van der Waals surface area contributed by atoms with E-state index in [1.165, 1.54) is 0 Å². The van der Waals surface area contributed by atoms with E-state index in [9.17, 15) is 9.90 Å². The summed E-state index contributed by atoms with van der Waals surface area (Å²) < 4.78 is 10.5. The van der Waals surface area contributed by atoms with Crippen LogP contribution in [0.2, 0.25) is 0 Å². The molecule has 6 heteroatoms. The maximum atomic E-state index is 12.3.